The van der Waals surface area contributed by atoms with Gasteiger partial charge in [0.15, 0.2) is 0 Å². The number of hydrogen-bond acceptors (Lipinski definition) is 2. The molecule has 3 N–H and O–H groups in total. The van der Waals surface area contributed by atoms with Gasteiger partial charge in [0.05, 0.1) is 0 Å². The van der Waals surface area contributed by atoms with Crippen LogP contribution >= 0.6 is 11.6 Å². The van der Waals surface area contributed by atoms with Crippen LogP contribution in [0.4, 0.5) is 4.79 Å². The van der Waals surface area contributed by atoms with Gasteiger partial charge in [-0.15, -0.1) is 0 Å². The van der Waals surface area contributed by atoms with Gasteiger partial charge in [0.25, 0.3) is 0 Å². The molecule has 1 fully saturated rings. The molecule has 0 aliphatic heterocycles. The van der Waals surface area contributed by atoms with E-state index < -0.39 is 0 Å². The highest BCUT2D eigenvalue weighted by Crippen LogP contribution is 2.47. The number of nitrogens with one attached hydrogen (secondary N) is 2. The first-order valence-electron chi connectivity index (χ1n) is 6.97. The number of aliphatic hydroxyl groups excluding tert-OH is 1. The molecule has 2 amide bonds. The highest BCUT2D eigenvalue weighted by molar-refractivity contribution is 6.30. The van der Waals surface area contributed by atoms with Crippen molar-refractivity contribution in [2.75, 3.05) is 13.2 Å². The molecule has 2 rings (SSSR count). The number of urea groups is 1. The minimum Gasteiger partial charge on any atom is -0.396 e. The van der Waals surface area contributed by atoms with Crippen molar-refractivity contribution in [1.29, 1.82) is 0 Å². The number of benzene rings is 1. The Morgan fingerprint density at radius 3 is 2.60 bits per heavy atom. The maximum Gasteiger partial charge on any atom is 0.315 e. The number of carbonyl (C=O) groups is 1. The van der Waals surface area contributed by atoms with Gasteiger partial charge in [0.1, 0.15) is 0 Å². The Labute approximate surface area is 124 Å². The first kappa shape index (κ1) is 15.1. The second kappa shape index (κ2) is 6.46. The second-order valence-electron chi connectivity index (χ2n) is 5.53. The normalized spacial score (nSPS) is 17.4. The van der Waals surface area contributed by atoms with E-state index in [2.05, 4.69) is 10.6 Å². The van der Waals surface area contributed by atoms with E-state index in [0.717, 1.165) is 17.9 Å². The predicted molar refractivity (Wildman–Crippen MR) is 80.1 cm³/mol. The van der Waals surface area contributed by atoms with Crippen molar-refractivity contribution in [3.8, 4) is 0 Å². The van der Waals surface area contributed by atoms with Crippen LogP contribution < -0.4 is 10.6 Å². The monoisotopic (exact) mass is 296 g/mol. The van der Waals surface area contributed by atoms with Crippen molar-refractivity contribution in [1.82, 2.24) is 10.6 Å². The maximum absolute atomic E-state index is 11.8. The average Bonchev–Trinajstić information content (AvgIpc) is 3.18. The zero-order valence-corrected chi connectivity index (χ0v) is 12.4. The van der Waals surface area contributed by atoms with Crippen LogP contribution in [0.5, 0.6) is 0 Å². The van der Waals surface area contributed by atoms with Gasteiger partial charge in [0.2, 0.25) is 0 Å². The number of hydrogen-bond donors (Lipinski definition) is 3. The van der Waals surface area contributed by atoms with Gasteiger partial charge >= 0.3 is 6.03 Å². The lowest BCUT2D eigenvalue weighted by atomic mass is 9.96. The van der Waals surface area contributed by atoms with Crippen LogP contribution in [0.3, 0.4) is 0 Å². The summed E-state index contributed by atoms with van der Waals surface area (Å²) in [5.41, 5.74) is 1.30. The highest BCUT2D eigenvalue weighted by Gasteiger charge is 2.44. The highest BCUT2D eigenvalue weighted by atomic mass is 35.5. The van der Waals surface area contributed by atoms with E-state index in [0.29, 0.717) is 13.0 Å². The molecule has 0 bridgehead atoms. The molecule has 1 aromatic rings. The number of aliphatic hydroxyl groups is 1. The third-order valence-electron chi connectivity index (χ3n) is 3.84. The van der Waals surface area contributed by atoms with Gasteiger partial charge in [0, 0.05) is 29.6 Å². The van der Waals surface area contributed by atoms with E-state index in [1.807, 2.05) is 31.2 Å². The maximum atomic E-state index is 11.8. The van der Waals surface area contributed by atoms with E-state index in [1.54, 1.807) is 0 Å². The summed E-state index contributed by atoms with van der Waals surface area (Å²) in [5.74, 6) is 0. The van der Waals surface area contributed by atoms with Gasteiger partial charge in [-0.3, -0.25) is 0 Å². The Bertz CT molecular complexity index is 457. The molecule has 0 spiro atoms. The van der Waals surface area contributed by atoms with E-state index >= 15 is 0 Å². The van der Waals surface area contributed by atoms with Crippen molar-refractivity contribution < 1.29 is 9.90 Å². The minimum atomic E-state index is -0.175. The van der Waals surface area contributed by atoms with Crippen LogP contribution in [-0.2, 0) is 5.41 Å². The lowest BCUT2D eigenvalue weighted by Crippen LogP contribution is -2.43. The van der Waals surface area contributed by atoms with Crippen LogP contribution in [0.25, 0.3) is 0 Å². The molecular weight excluding hydrogens is 276 g/mol. The third kappa shape index (κ3) is 3.87. The molecule has 110 valence electrons. The van der Waals surface area contributed by atoms with Gasteiger partial charge < -0.3 is 15.7 Å². The van der Waals surface area contributed by atoms with Crippen molar-refractivity contribution in [2.45, 2.75) is 37.6 Å². The van der Waals surface area contributed by atoms with Gasteiger partial charge in [-0.25, -0.2) is 4.79 Å². The molecule has 5 heteroatoms. The van der Waals surface area contributed by atoms with Crippen LogP contribution in [0, 0.1) is 0 Å². The Balaban J connectivity index is 1.84. The van der Waals surface area contributed by atoms with Crippen molar-refractivity contribution in [2.24, 2.45) is 0 Å². The molecule has 0 heterocycles. The Morgan fingerprint density at radius 1 is 1.40 bits per heavy atom. The SMILES string of the molecule is C[C@H](CCO)NC(=O)NCC1(c2ccc(Cl)cc2)CC1. The fourth-order valence-corrected chi connectivity index (χ4v) is 2.44. The van der Waals surface area contributed by atoms with Crippen molar-refractivity contribution in [3.63, 3.8) is 0 Å². The van der Waals surface area contributed by atoms with Crippen LogP contribution in [0.2, 0.25) is 5.02 Å². The van der Waals surface area contributed by atoms with E-state index in [1.165, 1.54) is 5.56 Å². The first-order chi connectivity index (χ1) is 9.55. The molecule has 0 unspecified atom stereocenters. The molecule has 4 nitrogen and oxygen atoms in total. The summed E-state index contributed by atoms with van der Waals surface area (Å²) in [6.07, 6.45) is 2.73. The van der Waals surface area contributed by atoms with Gasteiger partial charge in [-0.2, -0.15) is 0 Å². The van der Waals surface area contributed by atoms with Gasteiger partial charge in [-0.05, 0) is 43.9 Å². The van der Waals surface area contributed by atoms with E-state index in [4.69, 9.17) is 16.7 Å². The number of rotatable bonds is 6. The Morgan fingerprint density at radius 2 is 2.05 bits per heavy atom. The average molecular weight is 297 g/mol. The molecular formula is C15H21ClN2O2. The first-order valence-corrected chi connectivity index (χ1v) is 7.35. The second-order valence-corrected chi connectivity index (χ2v) is 5.96. The quantitative estimate of drug-likeness (QED) is 0.755. The number of carbonyl (C=O) groups excluding carboxylic acids is 1. The zero-order chi connectivity index (χ0) is 14.6. The standard InChI is InChI=1S/C15H21ClN2O2/c1-11(6-9-19)18-14(20)17-10-15(7-8-15)12-2-4-13(16)5-3-12/h2-5,11,19H,6-10H2,1H3,(H2,17,18,20)/t11-/m1/s1. The van der Waals surface area contributed by atoms with Crippen molar-refractivity contribution in [3.05, 3.63) is 34.9 Å². The number of amides is 2. The molecule has 1 saturated carbocycles. The summed E-state index contributed by atoms with van der Waals surface area (Å²) in [6, 6.07) is 7.64. The molecule has 1 aliphatic rings. The molecule has 0 radical (unpaired) electrons. The number of halogens is 1. The lowest BCUT2D eigenvalue weighted by molar-refractivity contribution is 0.230. The van der Waals surface area contributed by atoms with E-state index in [9.17, 15) is 4.79 Å². The summed E-state index contributed by atoms with van der Waals surface area (Å²) in [5, 5.41) is 15.3. The van der Waals surface area contributed by atoms with Gasteiger partial charge in [-0.1, -0.05) is 23.7 Å². The predicted octanol–water partition coefficient (Wildman–Crippen LogP) is 2.44. The minimum absolute atomic E-state index is 0.0225. The summed E-state index contributed by atoms with van der Waals surface area (Å²) in [4.78, 5) is 11.8. The molecule has 0 saturated heterocycles. The Hall–Kier alpha value is -1.26. The summed E-state index contributed by atoms with van der Waals surface area (Å²) in [6.45, 7) is 2.59. The largest absolute Gasteiger partial charge is 0.396 e. The molecule has 1 aromatic carbocycles. The summed E-state index contributed by atoms with van der Waals surface area (Å²) in [7, 11) is 0. The topological polar surface area (TPSA) is 61.4 Å². The van der Waals surface area contributed by atoms with Crippen LogP contribution in [-0.4, -0.2) is 30.3 Å². The van der Waals surface area contributed by atoms with Crippen molar-refractivity contribution >= 4 is 17.6 Å². The molecule has 0 aromatic heterocycles. The smallest absolute Gasteiger partial charge is 0.315 e. The summed E-state index contributed by atoms with van der Waals surface area (Å²) < 4.78 is 0. The van der Waals surface area contributed by atoms with Crippen LogP contribution in [0.1, 0.15) is 31.7 Å². The molecule has 20 heavy (non-hydrogen) atoms. The summed E-state index contributed by atoms with van der Waals surface area (Å²) >= 11 is 5.90. The fraction of sp³-hybridized carbons (Fsp3) is 0.533. The van der Waals surface area contributed by atoms with Crippen LogP contribution in [0.15, 0.2) is 24.3 Å². The lowest BCUT2D eigenvalue weighted by Gasteiger charge is -2.19. The molecule has 1 aliphatic carbocycles. The fourth-order valence-electron chi connectivity index (χ4n) is 2.31. The molecule has 1 atom stereocenters. The van der Waals surface area contributed by atoms with E-state index in [-0.39, 0.29) is 24.1 Å². The Kier molecular flexibility index (Phi) is 4.89. The zero-order valence-electron chi connectivity index (χ0n) is 11.7. The third-order valence-corrected chi connectivity index (χ3v) is 4.09.